The molecule has 34 heavy (non-hydrogen) atoms. The molecule has 3 rings (SSSR count). The van der Waals surface area contributed by atoms with Crippen molar-refractivity contribution in [2.24, 2.45) is 0 Å². The van der Waals surface area contributed by atoms with Crippen LogP contribution in [0.15, 0.2) is 30.3 Å². The molecule has 0 aromatic heterocycles. The van der Waals surface area contributed by atoms with Gasteiger partial charge in [-0.3, -0.25) is 9.59 Å². The third-order valence-corrected chi connectivity index (χ3v) is 4.47. The number of rotatable bonds is 5. The molecule has 0 saturated heterocycles. The van der Waals surface area contributed by atoms with Gasteiger partial charge in [0.2, 0.25) is 6.41 Å². The Labute approximate surface area is 205 Å². The second kappa shape index (κ2) is 16.5. The maximum Gasteiger partial charge on any atom is 0.292 e. The molecule has 0 saturated carbocycles. The molecular formula is C25H31ClF2N2O4. The summed E-state index contributed by atoms with van der Waals surface area (Å²) in [6, 6.07) is 8.05. The molecule has 186 valence electrons. The number of terminal acetylenes is 1. The van der Waals surface area contributed by atoms with Crippen LogP contribution in [0.1, 0.15) is 37.5 Å². The molecule has 0 aliphatic carbocycles. The first-order chi connectivity index (χ1) is 16.1. The molecule has 1 heterocycles. The first-order valence-electron chi connectivity index (χ1n) is 10.2. The molecule has 2 aromatic carbocycles. The van der Waals surface area contributed by atoms with Gasteiger partial charge >= 0.3 is 0 Å². The lowest BCUT2D eigenvalue weighted by Crippen LogP contribution is -2.34. The lowest BCUT2D eigenvalue weighted by Gasteiger charge is -2.18. The van der Waals surface area contributed by atoms with Gasteiger partial charge in [-0.1, -0.05) is 17.7 Å². The molecular weight excluding hydrogens is 466 g/mol. The molecule has 6 nitrogen and oxygen atoms in total. The molecule has 0 radical (unpaired) electrons. The van der Waals surface area contributed by atoms with Crippen molar-refractivity contribution >= 4 is 24.5 Å². The summed E-state index contributed by atoms with van der Waals surface area (Å²) in [6.45, 7) is 7.75. The number of nitrogens with one attached hydrogen (secondary N) is 2. The lowest BCUT2D eigenvalue weighted by atomic mass is 10.0. The highest BCUT2D eigenvalue weighted by Crippen LogP contribution is 2.25. The zero-order valence-electron chi connectivity index (χ0n) is 19.8. The van der Waals surface area contributed by atoms with Crippen LogP contribution in [-0.2, 0) is 33.9 Å². The first kappa shape index (κ1) is 30.9. The summed E-state index contributed by atoms with van der Waals surface area (Å²) in [5, 5.41) is 5.78. The molecule has 1 aliphatic heterocycles. The predicted molar refractivity (Wildman–Crippen MR) is 129 cm³/mol. The monoisotopic (exact) mass is 496 g/mol. The Morgan fingerprint density at radius 1 is 1.15 bits per heavy atom. The maximum atomic E-state index is 13.8. The van der Waals surface area contributed by atoms with Crippen molar-refractivity contribution in [3.8, 4) is 18.6 Å². The molecule has 1 aliphatic rings. The van der Waals surface area contributed by atoms with E-state index in [1.165, 1.54) is 24.3 Å². The van der Waals surface area contributed by atoms with Crippen LogP contribution in [0, 0.1) is 24.5 Å². The number of hydrogen-bond acceptors (Lipinski definition) is 5. The number of carbonyl (C=O) groups excluding carboxylic acids is 2. The van der Waals surface area contributed by atoms with E-state index in [0.717, 1.165) is 25.6 Å². The van der Waals surface area contributed by atoms with Crippen LogP contribution in [0.25, 0.3) is 0 Å². The fourth-order valence-electron chi connectivity index (χ4n) is 2.58. The Morgan fingerprint density at radius 3 is 2.32 bits per heavy atom. The van der Waals surface area contributed by atoms with Crippen molar-refractivity contribution in [3.63, 3.8) is 0 Å². The fraction of sp³-hybridized carbons (Fsp3) is 0.360. The Hall–Kier alpha value is -3.15. The standard InChI is InChI=1S/C16H14ClF2NO.C5H11NO.C2H4O2.C2H2/c17-14-3-4-15(18)13(16(14)19)9-21-12-2-1-11-8-20-6-5-10(11)7-12;1-5(2,3)6-4-7;1-4-2-3;1-2/h1-4,7,20H,5-6,8-9H2;4H,1-3H3,(H,6,7);2H,1H3;1-2H. The first-order valence-corrected chi connectivity index (χ1v) is 10.6. The molecule has 2 N–H and O–H groups in total. The number of hydrogen-bond donors (Lipinski definition) is 2. The average Bonchev–Trinajstić information content (AvgIpc) is 2.82. The molecule has 0 unspecified atom stereocenters. The SMILES string of the molecule is C#C.CC(C)(C)NC=O.COC=O.Fc1ccc(Cl)c(F)c1COc1ccc2c(c1)CCNC2. The maximum absolute atomic E-state index is 13.8. The second-order valence-corrected chi connectivity index (χ2v) is 8.22. The van der Waals surface area contributed by atoms with Crippen LogP contribution >= 0.6 is 11.6 Å². The van der Waals surface area contributed by atoms with Crippen LogP contribution in [0.5, 0.6) is 5.75 Å². The van der Waals surface area contributed by atoms with Crippen LogP contribution in [0.3, 0.4) is 0 Å². The van der Waals surface area contributed by atoms with Gasteiger partial charge in [0.1, 0.15) is 18.2 Å². The van der Waals surface area contributed by atoms with E-state index in [1.807, 2.05) is 39.0 Å². The highest BCUT2D eigenvalue weighted by Gasteiger charge is 2.14. The minimum Gasteiger partial charge on any atom is -0.489 e. The van der Waals surface area contributed by atoms with Gasteiger partial charge in [0.15, 0.2) is 5.82 Å². The summed E-state index contributed by atoms with van der Waals surface area (Å²) in [5.74, 6) is -0.813. The van der Waals surface area contributed by atoms with E-state index in [2.05, 4.69) is 28.2 Å². The van der Waals surface area contributed by atoms with Crippen molar-refractivity contribution in [1.29, 1.82) is 0 Å². The van der Waals surface area contributed by atoms with Crippen molar-refractivity contribution < 1.29 is 27.8 Å². The van der Waals surface area contributed by atoms with E-state index in [0.29, 0.717) is 18.6 Å². The minimum atomic E-state index is -0.765. The number of halogens is 3. The summed E-state index contributed by atoms with van der Waals surface area (Å²) < 4.78 is 36.8. The molecule has 0 bridgehead atoms. The van der Waals surface area contributed by atoms with Crippen molar-refractivity contribution in [2.75, 3.05) is 13.7 Å². The Bertz CT molecular complexity index is 931. The van der Waals surface area contributed by atoms with Crippen LogP contribution < -0.4 is 15.4 Å². The van der Waals surface area contributed by atoms with Gasteiger partial charge in [-0.25, -0.2) is 8.78 Å². The normalized spacial score (nSPS) is 11.4. The van der Waals surface area contributed by atoms with Gasteiger partial charge in [-0.15, -0.1) is 12.8 Å². The average molecular weight is 497 g/mol. The number of ether oxygens (including phenoxy) is 2. The minimum absolute atomic E-state index is 0.0677. The Balaban J connectivity index is 0.000000700. The molecule has 0 fully saturated rings. The zero-order chi connectivity index (χ0) is 26.1. The van der Waals surface area contributed by atoms with Crippen molar-refractivity contribution in [3.05, 3.63) is 63.7 Å². The van der Waals surface area contributed by atoms with E-state index in [1.54, 1.807) is 0 Å². The van der Waals surface area contributed by atoms with Crippen LogP contribution in [0.4, 0.5) is 8.78 Å². The van der Waals surface area contributed by atoms with E-state index >= 15 is 0 Å². The number of carbonyl (C=O) groups is 2. The summed E-state index contributed by atoms with van der Waals surface area (Å²) in [4.78, 5) is 18.7. The summed E-state index contributed by atoms with van der Waals surface area (Å²) in [6.07, 6.45) is 9.63. The van der Waals surface area contributed by atoms with Gasteiger partial charge in [0, 0.05) is 12.1 Å². The second-order valence-electron chi connectivity index (χ2n) is 7.81. The molecule has 9 heteroatoms. The molecule has 0 spiro atoms. The van der Waals surface area contributed by atoms with E-state index < -0.39 is 11.6 Å². The smallest absolute Gasteiger partial charge is 0.292 e. The Morgan fingerprint density at radius 2 is 1.79 bits per heavy atom. The molecule has 1 amide bonds. The van der Waals surface area contributed by atoms with Gasteiger partial charge in [0.25, 0.3) is 6.47 Å². The third-order valence-electron chi connectivity index (χ3n) is 4.17. The Kier molecular flexibility index (Phi) is 14.9. The zero-order valence-corrected chi connectivity index (χ0v) is 20.5. The number of amides is 1. The molecule has 2 aromatic rings. The van der Waals surface area contributed by atoms with E-state index in [4.69, 9.17) is 21.1 Å². The van der Waals surface area contributed by atoms with Gasteiger partial charge < -0.3 is 20.1 Å². The van der Waals surface area contributed by atoms with Gasteiger partial charge in [-0.2, -0.15) is 0 Å². The van der Waals surface area contributed by atoms with Crippen LogP contribution in [0.2, 0.25) is 5.02 Å². The predicted octanol–water partition coefficient (Wildman–Crippen LogP) is 4.41. The van der Waals surface area contributed by atoms with E-state index in [-0.39, 0.29) is 22.7 Å². The molecule has 0 atom stereocenters. The highest BCUT2D eigenvalue weighted by atomic mass is 35.5. The van der Waals surface area contributed by atoms with Crippen molar-refractivity contribution in [1.82, 2.24) is 10.6 Å². The number of benzene rings is 2. The largest absolute Gasteiger partial charge is 0.489 e. The number of methoxy groups -OCH3 is 1. The topological polar surface area (TPSA) is 76.7 Å². The lowest BCUT2D eigenvalue weighted by molar-refractivity contribution is -0.126. The third kappa shape index (κ3) is 11.6. The fourth-order valence-corrected chi connectivity index (χ4v) is 2.75. The summed E-state index contributed by atoms with van der Waals surface area (Å²) >= 11 is 5.66. The highest BCUT2D eigenvalue weighted by molar-refractivity contribution is 6.30. The van der Waals surface area contributed by atoms with Gasteiger partial charge in [0.05, 0.1) is 17.7 Å². The van der Waals surface area contributed by atoms with Gasteiger partial charge in [-0.05, 0) is 69.1 Å². The summed E-state index contributed by atoms with van der Waals surface area (Å²) in [5.41, 5.74) is 2.22. The quantitative estimate of drug-likeness (QED) is 0.364. The van der Waals surface area contributed by atoms with Crippen LogP contribution in [-0.4, -0.2) is 32.1 Å². The summed E-state index contributed by atoms with van der Waals surface area (Å²) in [7, 11) is 1.31. The number of fused-ring (bicyclic) bond motifs is 1. The van der Waals surface area contributed by atoms with Crippen molar-refractivity contribution in [2.45, 2.75) is 45.9 Å². The van der Waals surface area contributed by atoms with E-state index in [9.17, 15) is 13.6 Å².